The molecule has 0 fully saturated rings. The number of methoxy groups -OCH3 is 1. The van der Waals surface area contributed by atoms with Crippen LogP contribution in [0.2, 0.25) is 5.02 Å². The van der Waals surface area contributed by atoms with Crippen LogP contribution < -0.4 is 4.74 Å². The van der Waals surface area contributed by atoms with Gasteiger partial charge in [0, 0.05) is 16.0 Å². The molecule has 0 radical (unpaired) electrons. The third-order valence-electron chi connectivity index (χ3n) is 2.29. The lowest BCUT2D eigenvalue weighted by Crippen LogP contribution is -2.22. The Morgan fingerprint density at radius 1 is 1.43 bits per heavy atom. The Hall–Kier alpha value is -0.730. The summed E-state index contributed by atoms with van der Waals surface area (Å²) in [5.41, 5.74) is 0.589. The average molecular weight is 215 g/mol. The van der Waals surface area contributed by atoms with Crippen LogP contribution in [0.25, 0.3) is 0 Å². The van der Waals surface area contributed by atoms with E-state index in [1.807, 2.05) is 26.0 Å². The molecule has 1 aromatic carbocycles. The highest BCUT2D eigenvalue weighted by Gasteiger charge is 2.23. The van der Waals surface area contributed by atoms with Crippen LogP contribution in [0.3, 0.4) is 0 Å². The number of aliphatic hydroxyl groups is 1. The third kappa shape index (κ3) is 2.20. The Kier molecular flexibility index (Phi) is 3.40. The maximum absolute atomic E-state index is 9.26. The molecule has 1 N–H and O–H groups in total. The van der Waals surface area contributed by atoms with Crippen LogP contribution >= 0.6 is 11.6 Å². The van der Waals surface area contributed by atoms with E-state index in [9.17, 15) is 5.11 Å². The summed E-state index contributed by atoms with van der Waals surface area (Å²) in [7, 11) is 1.61. The van der Waals surface area contributed by atoms with Crippen LogP contribution in [0.15, 0.2) is 18.2 Å². The fourth-order valence-corrected chi connectivity index (χ4v) is 1.47. The maximum Gasteiger partial charge on any atom is 0.122 e. The molecule has 0 atom stereocenters. The molecule has 0 amide bonds. The summed E-state index contributed by atoms with van der Waals surface area (Å²) >= 11 is 5.90. The van der Waals surface area contributed by atoms with Crippen LogP contribution in [0.1, 0.15) is 19.4 Å². The van der Waals surface area contributed by atoms with Gasteiger partial charge < -0.3 is 9.84 Å². The Labute approximate surface area is 89.5 Å². The van der Waals surface area contributed by atoms with Crippen molar-refractivity contribution in [1.82, 2.24) is 0 Å². The van der Waals surface area contributed by atoms with Gasteiger partial charge in [-0.05, 0) is 18.2 Å². The van der Waals surface area contributed by atoms with Gasteiger partial charge in [-0.2, -0.15) is 0 Å². The van der Waals surface area contributed by atoms with Gasteiger partial charge in [-0.3, -0.25) is 0 Å². The van der Waals surface area contributed by atoms with Gasteiger partial charge in [0.05, 0.1) is 13.7 Å². The molecule has 2 nitrogen and oxygen atoms in total. The fraction of sp³-hybridized carbons (Fsp3) is 0.455. The van der Waals surface area contributed by atoms with Gasteiger partial charge >= 0.3 is 0 Å². The lowest BCUT2D eigenvalue weighted by Gasteiger charge is -2.24. The van der Waals surface area contributed by atoms with Crippen molar-refractivity contribution >= 4 is 11.6 Å². The number of aliphatic hydroxyl groups excluding tert-OH is 1. The van der Waals surface area contributed by atoms with E-state index in [1.54, 1.807) is 13.2 Å². The third-order valence-corrected chi connectivity index (χ3v) is 2.52. The highest BCUT2D eigenvalue weighted by molar-refractivity contribution is 6.30. The highest BCUT2D eigenvalue weighted by atomic mass is 35.5. The molecule has 0 heterocycles. The summed E-state index contributed by atoms with van der Waals surface area (Å²) in [6.45, 7) is 3.95. The molecular weight excluding hydrogens is 200 g/mol. The molecule has 0 unspecified atom stereocenters. The predicted molar refractivity (Wildman–Crippen MR) is 58.1 cm³/mol. The summed E-state index contributed by atoms with van der Waals surface area (Å²) < 4.78 is 5.22. The molecule has 0 aliphatic carbocycles. The van der Waals surface area contributed by atoms with Crippen molar-refractivity contribution in [3.63, 3.8) is 0 Å². The van der Waals surface area contributed by atoms with Crippen molar-refractivity contribution < 1.29 is 9.84 Å². The topological polar surface area (TPSA) is 29.5 Å². The van der Waals surface area contributed by atoms with E-state index in [0.717, 1.165) is 11.3 Å². The second kappa shape index (κ2) is 4.20. The Balaban J connectivity index is 3.23. The van der Waals surface area contributed by atoms with Crippen LogP contribution in [-0.4, -0.2) is 18.8 Å². The van der Waals surface area contributed by atoms with Gasteiger partial charge in [0.25, 0.3) is 0 Å². The average Bonchev–Trinajstić information content (AvgIpc) is 2.18. The van der Waals surface area contributed by atoms with E-state index in [1.165, 1.54) is 0 Å². The quantitative estimate of drug-likeness (QED) is 0.838. The number of benzene rings is 1. The summed E-state index contributed by atoms with van der Waals surface area (Å²) in [6, 6.07) is 5.42. The van der Waals surface area contributed by atoms with E-state index >= 15 is 0 Å². The highest BCUT2D eigenvalue weighted by Crippen LogP contribution is 2.33. The van der Waals surface area contributed by atoms with Crippen LogP contribution in [0.5, 0.6) is 5.75 Å². The first-order valence-electron chi connectivity index (χ1n) is 4.46. The summed E-state index contributed by atoms with van der Waals surface area (Å²) in [5.74, 6) is 0.758. The molecule has 0 saturated heterocycles. The predicted octanol–water partition coefficient (Wildman–Crippen LogP) is 2.62. The largest absolute Gasteiger partial charge is 0.496 e. The maximum atomic E-state index is 9.26. The van der Waals surface area contributed by atoms with Gasteiger partial charge in [-0.1, -0.05) is 25.4 Å². The van der Waals surface area contributed by atoms with Crippen molar-refractivity contribution in [3.05, 3.63) is 28.8 Å². The first-order chi connectivity index (χ1) is 6.51. The second-order valence-corrected chi connectivity index (χ2v) is 4.32. The normalized spacial score (nSPS) is 11.5. The van der Waals surface area contributed by atoms with Crippen molar-refractivity contribution in [2.24, 2.45) is 0 Å². The van der Waals surface area contributed by atoms with Gasteiger partial charge in [0.15, 0.2) is 0 Å². The van der Waals surface area contributed by atoms with Crippen LogP contribution in [0, 0.1) is 0 Å². The molecule has 1 rings (SSSR count). The van der Waals surface area contributed by atoms with Crippen LogP contribution in [0.4, 0.5) is 0 Å². The van der Waals surface area contributed by atoms with Crippen LogP contribution in [-0.2, 0) is 5.41 Å². The minimum Gasteiger partial charge on any atom is -0.496 e. The monoisotopic (exact) mass is 214 g/mol. The number of halogens is 1. The van der Waals surface area contributed by atoms with Gasteiger partial charge in [0.2, 0.25) is 0 Å². The van der Waals surface area contributed by atoms with E-state index in [-0.39, 0.29) is 12.0 Å². The van der Waals surface area contributed by atoms with E-state index in [2.05, 4.69) is 0 Å². The summed E-state index contributed by atoms with van der Waals surface area (Å²) in [4.78, 5) is 0. The first kappa shape index (κ1) is 11.3. The zero-order valence-corrected chi connectivity index (χ0v) is 9.43. The number of hydrogen-bond acceptors (Lipinski definition) is 2. The van der Waals surface area contributed by atoms with Crippen molar-refractivity contribution in [2.45, 2.75) is 19.3 Å². The van der Waals surface area contributed by atoms with Gasteiger partial charge in [-0.25, -0.2) is 0 Å². The lowest BCUT2D eigenvalue weighted by atomic mass is 9.85. The molecule has 0 aliphatic rings. The standard InChI is InChI=1S/C11H15ClO2/c1-11(2,7-13)9-6-8(12)4-5-10(9)14-3/h4-6,13H,7H2,1-3H3. The number of rotatable bonds is 3. The van der Waals surface area contributed by atoms with E-state index in [0.29, 0.717) is 5.02 Å². The molecule has 1 aromatic rings. The van der Waals surface area contributed by atoms with Crippen molar-refractivity contribution in [2.75, 3.05) is 13.7 Å². The van der Waals surface area contributed by atoms with Crippen molar-refractivity contribution in [1.29, 1.82) is 0 Å². The zero-order chi connectivity index (χ0) is 10.8. The minimum absolute atomic E-state index is 0.0592. The minimum atomic E-state index is -0.337. The molecule has 0 bridgehead atoms. The van der Waals surface area contributed by atoms with E-state index < -0.39 is 0 Å². The number of hydrogen-bond donors (Lipinski definition) is 1. The van der Waals surface area contributed by atoms with Crippen molar-refractivity contribution in [3.8, 4) is 5.75 Å². The SMILES string of the molecule is COc1ccc(Cl)cc1C(C)(C)CO. The van der Waals surface area contributed by atoms with Gasteiger partial charge in [0.1, 0.15) is 5.75 Å². The van der Waals surface area contributed by atoms with E-state index in [4.69, 9.17) is 16.3 Å². The molecule has 14 heavy (non-hydrogen) atoms. The fourth-order valence-electron chi connectivity index (χ4n) is 1.29. The second-order valence-electron chi connectivity index (χ2n) is 3.89. The molecule has 0 saturated carbocycles. The summed E-state index contributed by atoms with van der Waals surface area (Å²) in [6.07, 6.45) is 0. The Bertz CT molecular complexity index is 321. The lowest BCUT2D eigenvalue weighted by molar-refractivity contribution is 0.215. The molecule has 3 heteroatoms. The molecular formula is C11H15ClO2. The number of ether oxygens (including phenoxy) is 1. The molecule has 0 aromatic heterocycles. The molecule has 78 valence electrons. The smallest absolute Gasteiger partial charge is 0.122 e. The Morgan fingerprint density at radius 3 is 2.57 bits per heavy atom. The molecule has 0 spiro atoms. The summed E-state index contributed by atoms with van der Waals surface area (Å²) in [5, 5.41) is 9.91. The molecule has 0 aliphatic heterocycles. The zero-order valence-electron chi connectivity index (χ0n) is 8.67. The Morgan fingerprint density at radius 2 is 2.07 bits per heavy atom. The first-order valence-corrected chi connectivity index (χ1v) is 4.84. The van der Waals surface area contributed by atoms with Gasteiger partial charge in [-0.15, -0.1) is 0 Å².